The van der Waals surface area contributed by atoms with Gasteiger partial charge in [0.2, 0.25) is 5.91 Å². The number of amides is 1. The summed E-state index contributed by atoms with van der Waals surface area (Å²) in [6.07, 6.45) is 2.21. The van der Waals surface area contributed by atoms with Gasteiger partial charge in [0.05, 0.1) is 10.7 Å². The van der Waals surface area contributed by atoms with E-state index >= 15 is 0 Å². The smallest absolute Gasteiger partial charge is 0.224 e. The Balaban J connectivity index is 1.60. The van der Waals surface area contributed by atoms with E-state index in [0.717, 1.165) is 12.8 Å². The molecular formula is C20H18ClNO2S. The second kappa shape index (κ2) is 8.70. The van der Waals surface area contributed by atoms with Crippen LogP contribution in [0.2, 0.25) is 5.02 Å². The fourth-order valence-electron chi connectivity index (χ4n) is 2.40. The molecule has 0 saturated carbocycles. The number of hydrogen-bond donors (Lipinski definition) is 1. The molecule has 1 heterocycles. The Morgan fingerprint density at radius 1 is 1.00 bits per heavy atom. The second-order valence-corrected chi connectivity index (χ2v) is 6.95. The molecule has 0 atom stereocenters. The average Bonchev–Trinajstić information content (AvgIpc) is 3.12. The normalized spacial score (nSPS) is 10.4. The van der Waals surface area contributed by atoms with Crippen LogP contribution < -0.4 is 10.1 Å². The Labute approximate surface area is 156 Å². The third kappa shape index (κ3) is 5.08. The Bertz CT molecular complexity index is 833. The number of para-hydroxylation sites is 3. The fourth-order valence-corrected chi connectivity index (χ4v) is 3.32. The summed E-state index contributed by atoms with van der Waals surface area (Å²) < 4.78 is 5.86. The number of carbonyl (C=O) groups excluding carboxylic acids is 1. The van der Waals surface area contributed by atoms with Gasteiger partial charge in [-0.25, -0.2) is 0 Å². The first-order chi connectivity index (χ1) is 12.2. The molecule has 3 rings (SSSR count). The van der Waals surface area contributed by atoms with Gasteiger partial charge in [-0.05, 0) is 48.6 Å². The molecule has 0 spiro atoms. The number of ether oxygens (including phenoxy) is 1. The quantitative estimate of drug-likeness (QED) is 0.540. The monoisotopic (exact) mass is 371 g/mol. The highest BCUT2D eigenvalue weighted by Gasteiger charge is 2.10. The van der Waals surface area contributed by atoms with Crippen molar-refractivity contribution in [2.45, 2.75) is 19.3 Å². The van der Waals surface area contributed by atoms with Crippen molar-refractivity contribution in [2.75, 3.05) is 5.32 Å². The molecule has 5 heteroatoms. The molecule has 3 aromatic rings. The van der Waals surface area contributed by atoms with Crippen LogP contribution in [0.25, 0.3) is 0 Å². The van der Waals surface area contributed by atoms with Crippen LogP contribution in [0, 0.1) is 0 Å². The second-order valence-electron chi connectivity index (χ2n) is 5.51. The van der Waals surface area contributed by atoms with E-state index in [4.69, 9.17) is 16.3 Å². The number of benzene rings is 2. The van der Waals surface area contributed by atoms with Crippen LogP contribution in [-0.2, 0) is 11.2 Å². The maximum Gasteiger partial charge on any atom is 0.224 e. The summed E-state index contributed by atoms with van der Waals surface area (Å²) in [4.78, 5) is 13.5. The Hall–Kier alpha value is -2.30. The van der Waals surface area contributed by atoms with Gasteiger partial charge in [0.15, 0.2) is 5.75 Å². The summed E-state index contributed by atoms with van der Waals surface area (Å²) in [5.74, 6) is 1.11. The summed E-state index contributed by atoms with van der Waals surface area (Å²) >= 11 is 7.86. The lowest BCUT2D eigenvalue weighted by molar-refractivity contribution is -0.116. The Kier molecular flexibility index (Phi) is 6.09. The van der Waals surface area contributed by atoms with Crippen molar-refractivity contribution >= 4 is 34.5 Å². The molecule has 1 aromatic heterocycles. The molecule has 128 valence electrons. The first-order valence-corrected chi connectivity index (χ1v) is 9.32. The van der Waals surface area contributed by atoms with E-state index in [-0.39, 0.29) is 5.91 Å². The Morgan fingerprint density at radius 2 is 1.76 bits per heavy atom. The maximum atomic E-state index is 12.2. The predicted molar refractivity (Wildman–Crippen MR) is 104 cm³/mol. The van der Waals surface area contributed by atoms with Crippen LogP contribution in [0.1, 0.15) is 17.7 Å². The number of halogens is 1. The molecule has 1 amide bonds. The number of carbonyl (C=O) groups is 1. The minimum absolute atomic E-state index is 0.0215. The molecule has 0 fully saturated rings. The standard InChI is InChI=1S/C20H18ClNO2S/c21-16-9-1-3-11-18(16)24-19-12-4-2-10-17(19)22-20(23)13-5-7-15-8-6-14-25-15/h1-4,6,8-12,14H,5,7,13H2,(H,22,23). The van der Waals surface area contributed by atoms with Crippen molar-refractivity contribution < 1.29 is 9.53 Å². The van der Waals surface area contributed by atoms with Crippen molar-refractivity contribution in [2.24, 2.45) is 0 Å². The minimum atomic E-state index is -0.0215. The molecule has 25 heavy (non-hydrogen) atoms. The van der Waals surface area contributed by atoms with Crippen LogP contribution in [0.3, 0.4) is 0 Å². The van der Waals surface area contributed by atoms with Gasteiger partial charge >= 0.3 is 0 Å². The molecular weight excluding hydrogens is 354 g/mol. The maximum absolute atomic E-state index is 12.2. The molecule has 1 N–H and O–H groups in total. The third-order valence-corrected chi connectivity index (χ3v) is 4.87. The Morgan fingerprint density at radius 3 is 2.52 bits per heavy atom. The van der Waals surface area contributed by atoms with Crippen LogP contribution in [-0.4, -0.2) is 5.91 Å². The summed E-state index contributed by atoms with van der Waals surface area (Å²) in [6, 6.07) is 18.7. The summed E-state index contributed by atoms with van der Waals surface area (Å²) in [7, 11) is 0. The molecule has 0 aliphatic carbocycles. The van der Waals surface area contributed by atoms with Crippen molar-refractivity contribution in [1.82, 2.24) is 0 Å². The number of hydrogen-bond acceptors (Lipinski definition) is 3. The van der Waals surface area contributed by atoms with Gasteiger partial charge in [-0.3, -0.25) is 4.79 Å². The molecule has 0 radical (unpaired) electrons. The average molecular weight is 372 g/mol. The topological polar surface area (TPSA) is 38.3 Å². The lowest BCUT2D eigenvalue weighted by atomic mass is 10.2. The van der Waals surface area contributed by atoms with E-state index in [9.17, 15) is 4.79 Å². The zero-order chi connectivity index (χ0) is 17.5. The number of anilines is 1. The largest absolute Gasteiger partial charge is 0.454 e. The van der Waals surface area contributed by atoms with E-state index < -0.39 is 0 Å². The number of nitrogens with one attached hydrogen (secondary N) is 1. The zero-order valence-corrected chi connectivity index (χ0v) is 15.1. The molecule has 0 unspecified atom stereocenters. The van der Waals surface area contributed by atoms with Crippen LogP contribution >= 0.6 is 22.9 Å². The third-order valence-electron chi connectivity index (χ3n) is 3.62. The molecule has 2 aromatic carbocycles. The zero-order valence-electron chi connectivity index (χ0n) is 13.6. The first-order valence-electron chi connectivity index (χ1n) is 8.06. The highest BCUT2D eigenvalue weighted by Crippen LogP contribution is 2.33. The van der Waals surface area contributed by atoms with Gasteiger partial charge in [0.1, 0.15) is 5.75 Å². The lowest BCUT2D eigenvalue weighted by Crippen LogP contribution is -2.12. The van der Waals surface area contributed by atoms with Gasteiger partial charge < -0.3 is 10.1 Å². The number of rotatable bonds is 7. The molecule has 0 aliphatic rings. The molecule has 0 aliphatic heterocycles. The van der Waals surface area contributed by atoms with E-state index in [1.54, 1.807) is 23.5 Å². The number of thiophene rings is 1. The van der Waals surface area contributed by atoms with Crippen LogP contribution in [0.15, 0.2) is 66.0 Å². The highest BCUT2D eigenvalue weighted by molar-refractivity contribution is 7.09. The SMILES string of the molecule is O=C(CCCc1cccs1)Nc1ccccc1Oc1ccccc1Cl. The van der Waals surface area contributed by atoms with Crippen LogP contribution in [0.4, 0.5) is 5.69 Å². The van der Waals surface area contributed by atoms with Crippen molar-refractivity contribution in [3.63, 3.8) is 0 Å². The summed E-state index contributed by atoms with van der Waals surface area (Å²) in [5, 5.41) is 5.51. The van der Waals surface area contributed by atoms with E-state index in [0.29, 0.717) is 28.6 Å². The highest BCUT2D eigenvalue weighted by atomic mass is 35.5. The number of aryl methyl sites for hydroxylation is 1. The van der Waals surface area contributed by atoms with Crippen molar-refractivity contribution in [3.8, 4) is 11.5 Å². The molecule has 0 saturated heterocycles. The molecule has 0 bridgehead atoms. The van der Waals surface area contributed by atoms with Gasteiger partial charge in [0, 0.05) is 11.3 Å². The van der Waals surface area contributed by atoms with Gasteiger partial charge in [-0.1, -0.05) is 41.9 Å². The van der Waals surface area contributed by atoms with Crippen molar-refractivity contribution in [1.29, 1.82) is 0 Å². The molecule has 3 nitrogen and oxygen atoms in total. The van der Waals surface area contributed by atoms with Gasteiger partial charge in [0.25, 0.3) is 0 Å². The predicted octanol–water partition coefficient (Wildman–Crippen LogP) is 6.16. The fraction of sp³-hybridized carbons (Fsp3) is 0.150. The van der Waals surface area contributed by atoms with E-state index in [2.05, 4.69) is 16.8 Å². The minimum Gasteiger partial charge on any atom is -0.454 e. The van der Waals surface area contributed by atoms with Crippen LogP contribution in [0.5, 0.6) is 11.5 Å². The summed E-state index contributed by atoms with van der Waals surface area (Å²) in [5.41, 5.74) is 0.642. The first kappa shape index (κ1) is 17.5. The lowest BCUT2D eigenvalue weighted by Gasteiger charge is -2.13. The summed E-state index contributed by atoms with van der Waals surface area (Å²) in [6.45, 7) is 0. The van der Waals surface area contributed by atoms with Crippen molar-refractivity contribution in [3.05, 3.63) is 75.9 Å². The van der Waals surface area contributed by atoms with E-state index in [1.807, 2.05) is 42.5 Å². The van der Waals surface area contributed by atoms with E-state index in [1.165, 1.54) is 4.88 Å². The van der Waals surface area contributed by atoms with Gasteiger partial charge in [-0.15, -0.1) is 11.3 Å². The van der Waals surface area contributed by atoms with Gasteiger partial charge in [-0.2, -0.15) is 0 Å².